The molecule has 11 N–H and O–H groups in total. The Morgan fingerprint density at radius 2 is 1.91 bits per heavy atom. The van der Waals surface area contributed by atoms with Crippen LogP contribution in [0.3, 0.4) is 0 Å². The summed E-state index contributed by atoms with van der Waals surface area (Å²) in [6.07, 6.45) is 3.26. The number of aliphatic imine (C=N–C) groups is 1. The van der Waals surface area contributed by atoms with Crippen LogP contribution < -0.4 is 33.2 Å². The standard InChI is InChI=1S/C17H29N9O5S/c18-10(7-32)14(28)23-6-13(27)25-12(4-9-5-21-8-24-9)15(29)26-11(16(30)31)2-1-3-22-17(19)20/h5,8,10-12,32H,1-4,6-7,18H2,(H,21,24)(H,23,28)(H,25,27)(H,26,29)(H,30,31)(H4,19,20,22). The Kier molecular flexibility index (Phi) is 11.6. The second-order valence-corrected chi connectivity index (χ2v) is 7.12. The van der Waals surface area contributed by atoms with E-state index in [1.54, 1.807) is 0 Å². The minimum absolute atomic E-state index is 0.0159. The summed E-state index contributed by atoms with van der Waals surface area (Å²) >= 11 is 3.90. The van der Waals surface area contributed by atoms with Crippen LogP contribution in [0.5, 0.6) is 0 Å². The van der Waals surface area contributed by atoms with Gasteiger partial charge in [-0.3, -0.25) is 19.4 Å². The van der Waals surface area contributed by atoms with Crippen molar-refractivity contribution in [3.8, 4) is 0 Å². The number of carboxylic acids is 1. The number of rotatable bonds is 14. The van der Waals surface area contributed by atoms with Gasteiger partial charge in [0, 0.05) is 30.6 Å². The van der Waals surface area contributed by atoms with Crippen molar-refractivity contribution in [2.75, 3.05) is 18.8 Å². The first-order valence-corrected chi connectivity index (χ1v) is 10.3. The number of nitrogens with zero attached hydrogens (tertiary/aromatic N) is 2. The van der Waals surface area contributed by atoms with Crippen molar-refractivity contribution in [3.05, 3.63) is 18.2 Å². The molecule has 0 saturated carbocycles. The van der Waals surface area contributed by atoms with Gasteiger partial charge in [-0.1, -0.05) is 0 Å². The average molecular weight is 472 g/mol. The third kappa shape index (κ3) is 10.1. The second-order valence-electron chi connectivity index (χ2n) is 6.76. The minimum atomic E-state index is -1.25. The summed E-state index contributed by atoms with van der Waals surface area (Å²) < 4.78 is 0. The number of nitrogens with one attached hydrogen (secondary N) is 4. The van der Waals surface area contributed by atoms with Crippen molar-refractivity contribution in [2.45, 2.75) is 37.4 Å². The van der Waals surface area contributed by atoms with Gasteiger partial charge in [0.2, 0.25) is 17.7 Å². The van der Waals surface area contributed by atoms with Gasteiger partial charge < -0.3 is 43.2 Å². The maximum Gasteiger partial charge on any atom is 0.326 e. The maximum absolute atomic E-state index is 12.7. The number of hydrogen-bond acceptors (Lipinski definition) is 8. The lowest BCUT2D eigenvalue weighted by Crippen LogP contribution is -2.54. The highest BCUT2D eigenvalue weighted by Crippen LogP contribution is 2.03. The van der Waals surface area contributed by atoms with E-state index in [9.17, 15) is 24.3 Å². The van der Waals surface area contributed by atoms with E-state index < -0.39 is 48.4 Å². The number of aromatic nitrogens is 2. The highest BCUT2D eigenvalue weighted by molar-refractivity contribution is 7.80. The third-order valence-corrected chi connectivity index (χ3v) is 4.54. The average Bonchev–Trinajstić information content (AvgIpc) is 3.25. The van der Waals surface area contributed by atoms with Gasteiger partial charge in [0.1, 0.15) is 12.1 Å². The molecule has 0 spiro atoms. The zero-order valence-corrected chi connectivity index (χ0v) is 18.2. The first-order chi connectivity index (χ1) is 15.1. The molecule has 15 heteroatoms. The normalized spacial score (nSPS) is 13.3. The molecule has 1 rings (SSSR count). The Labute approximate surface area is 189 Å². The van der Waals surface area contributed by atoms with Crippen molar-refractivity contribution in [1.29, 1.82) is 0 Å². The van der Waals surface area contributed by atoms with Crippen molar-refractivity contribution in [1.82, 2.24) is 25.9 Å². The fourth-order valence-electron chi connectivity index (χ4n) is 2.49. The van der Waals surface area contributed by atoms with Gasteiger partial charge in [-0.05, 0) is 12.8 Å². The number of amides is 3. The summed E-state index contributed by atoms with van der Waals surface area (Å²) in [5, 5.41) is 16.6. The highest BCUT2D eigenvalue weighted by atomic mass is 32.1. The smallest absolute Gasteiger partial charge is 0.326 e. The number of carbonyl (C=O) groups excluding carboxylic acids is 3. The van der Waals surface area contributed by atoms with Crippen molar-refractivity contribution in [2.24, 2.45) is 22.2 Å². The van der Waals surface area contributed by atoms with Crippen LogP contribution in [-0.2, 0) is 25.6 Å². The van der Waals surface area contributed by atoms with Crippen LogP contribution in [0.4, 0.5) is 0 Å². The molecule has 0 aliphatic heterocycles. The number of carboxylic acid groups (broad SMARTS) is 1. The summed E-state index contributed by atoms with van der Waals surface area (Å²) in [5.41, 5.74) is 16.5. The van der Waals surface area contributed by atoms with Crippen LogP contribution in [0, 0.1) is 0 Å². The van der Waals surface area contributed by atoms with Gasteiger partial charge in [0.05, 0.1) is 18.9 Å². The van der Waals surface area contributed by atoms with E-state index in [0.717, 1.165) is 0 Å². The molecule has 3 amide bonds. The molecular formula is C17H29N9O5S. The van der Waals surface area contributed by atoms with E-state index in [0.29, 0.717) is 12.1 Å². The number of H-pyrrole nitrogens is 1. The maximum atomic E-state index is 12.7. The van der Waals surface area contributed by atoms with Crippen molar-refractivity contribution in [3.63, 3.8) is 0 Å². The molecular weight excluding hydrogens is 442 g/mol. The molecule has 0 aliphatic carbocycles. The molecule has 0 saturated heterocycles. The number of imidazole rings is 1. The zero-order valence-electron chi connectivity index (χ0n) is 17.3. The molecule has 14 nitrogen and oxygen atoms in total. The molecule has 0 bridgehead atoms. The van der Waals surface area contributed by atoms with Crippen LogP contribution in [0.15, 0.2) is 17.5 Å². The van der Waals surface area contributed by atoms with Crippen molar-refractivity contribution >= 4 is 42.3 Å². The molecule has 0 aliphatic rings. The van der Waals surface area contributed by atoms with E-state index in [1.807, 2.05) is 0 Å². The van der Waals surface area contributed by atoms with Gasteiger partial charge in [-0.25, -0.2) is 9.78 Å². The van der Waals surface area contributed by atoms with E-state index in [-0.39, 0.29) is 31.1 Å². The van der Waals surface area contributed by atoms with Gasteiger partial charge in [-0.2, -0.15) is 12.6 Å². The Bertz CT molecular complexity index is 798. The zero-order chi connectivity index (χ0) is 24.1. The van der Waals surface area contributed by atoms with Crippen molar-refractivity contribution < 1.29 is 24.3 Å². The number of carbonyl (C=O) groups is 4. The van der Waals surface area contributed by atoms with E-state index in [2.05, 4.69) is 43.5 Å². The SMILES string of the molecule is NC(N)=NCCCC(NC(=O)C(Cc1cnc[nH]1)NC(=O)CNC(=O)C(N)CS)C(=O)O. The molecule has 1 aromatic heterocycles. The lowest BCUT2D eigenvalue weighted by Gasteiger charge is -2.21. The predicted octanol–water partition coefficient (Wildman–Crippen LogP) is -3.57. The summed E-state index contributed by atoms with van der Waals surface area (Å²) in [5.74, 6) is -3.23. The first kappa shape index (κ1) is 26.7. The lowest BCUT2D eigenvalue weighted by molar-refractivity contribution is -0.142. The number of guanidine groups is 1. The van der Waals surface area contributed by atoms with Crippen LogP contribution in [0.2, 0.25) is 0 Å². The summed E-state index contributed by atoms with van der Waals surface area (Å²) in [7, 11) is 0. The Morgan fingerprint density at radius 3 is 2.47 bits per heavy atom. The second kappa shape index (κ2) is 13.9. The topological polar surface area (TPSA) is 244 Å². The number of aromatic amines is 1. The van der Waals surface area contributed by atoms with E-state index in [4.69, 9.17) is 17.2 Å². The highest BCUT2D eigenvalue weighted by Gasteiger charge is 2.27. The molecule has 1 heterocycles. The first-order valence-electron chi connectivity index (χ1n) is 9.63. The summed E-state index contributed by atoms with van der Waals surface area (Å²) in [4.78, 5) is 58.6. The molecule has 0 radical (unpaired) electrons. The van der Waals surface area contributed by atoms with Gasteiger partial charge >= 0.3 is 5.97 Å². The Balaban J connectivity index is 2.77. The largest absolute Gasteiger partial charge is 0.480 e. The molecule has 3 unspecified atom stereocenters. The molecule has 178 valence electrons. The lowest BCUT2D eigenvalue weighted by atomic mass is 10.1. The summed E-state index contributed by atoms with van der Waals surface area (Å²) in [6, 6.07) is -3.23. The molecule has 1 aromatic rings. The number of nitrogens with two attached hydrogens (primary N) is 3. The molecule has 0 aromatic carbocycles. The molecule has 3 atom stereocenters. The van der Waals surface area contributed by atoms with E-state index in [1.165, 1.54) is 12.5 Å². The number of aliphatic carboxylic acids is 1. The number of hydrogen-bond donors (Lipinski definition) is 9. The monoisotopic (exact) mass is 471 g/mol. The molecule has 0 fully saturated rings. The van der Waals surface area contributed by atoms with Crippen LogP contribution in [-0.4, -0.2) is 81.7 Å². The predicted molar refractivity (Wildman–Crippen MR) is 119 cm³/mol. The van der Waals surface area contributed by atoms with Crippen LogP contribution in [0.25, 0.3) is 0 Å². The van der Waals surface area contributed by atoms with Crippen LogP contribution >= 0.6 is 12.6 Å². The Hall–Kier alpha value is -3.33. The van der Waals surface area contributed by atoms with Gasteiger partial charge in [0.25, 0.3) is 0 Å². The van der Waals surface area contributed by atoms with Crippen LogP contribution in [0.1, 0.15) is 18.5 Å². The van der Waals surface area contributed by atoms with E-state index >= 15 is 0 Å². The van der Waals surface area contributed by atoms with Gasteiger partial charge in [0.15, 0.2) is 5.96 Å². The van der Waals surface area contributed by atoms with Gasteiger partial charge in [-0.15, -0.1) is 0 Å². The third-order valence-electron chi connectivity index (χ3n) is 4.15. The Morgan fingerprint density at radius 1 is 1.19 bits per heavy atom. The minimum Gasteiger partial charge on any atom is -0.480 e. The fourth-order valence-corrected chi connectivity index (χ4v) is 2.65. The molecule has 32 heavy (non-hydrogen) atoms. The quantitative estimate of drug-likeness (QED) is 0.0563. The summed E-state index contributed by atoms with van der Waals surface area (Å²) in [6.45, 7) is -0.224. The number of thiol groups is 1. The fraction of sp³-hybridized carbons (Fsp3) is 0.529.